The number of likely N-dealkylation sites (N-methyl/N-ethyl adjacent to an activating group) is 1. The van der Waals surface area contributed by atoms with E-state index in [1.807, 2.05) is 0 Å². The van der Waals surface area contributed by atoms with Crippen molar-refractivity contribution < 1.29 is 23.1 Å². The van der Waals surface area contributed by atoms with Crippen LogP contribution in [-0.4, -0.2) is 56.1 Å². The highest BCUT2D eigenvalue weighted by atomic mass is 19.4. The minimum Gasteiger partial charge on any atom is -0.390 e. The van der Waals surface area contributed by atoms with E-state index in [0.717, 1.165) is 0 Å². The van der Waals surface area contributed by atoms with Gasteiger partial charge in [-0.2, -0.15) is 18.7 Å². The molecule has 0 spiro atoms. The molecule has 0 heterocycles. The van der Waals surface area contributed by atoms with E-state index < -0.39 is 18.9 Å². The van der Waals surface area contributed by atoms with Crippen LogP contribution in [0, 0.1) is 0 Å². The lowest BCUT2D eigenvalue weighted by atomic mass is 10.3. The number of hydrogen-bond acceptors (Lipinski definition) is 4. The molecule has 0 aromatic heterocycles. The van der Waals surface area contributed by atoms with Crippen LogP contribution in [0.25, 0.3) is 0 Å². The smallest absolute Gasteiger partial charge is 0.390 e. The second-order valence-corrected chi connectivity index (χ2v) is 3.17. The van der Waals surface area contributed by atoms with E-state index in [1.165, 1.54) is 0 Å². The average Bonchev–Trinajstić information content (AvgIpc) is 1.95. The third-order valence-electron chi connectivity index (χ3n) is 1.23. The molecule has 0 aromatic carbocycles. The van der Waals surface area contributed by atoms with Crippen LogP contribution in [0.1, 0.15) is 0 Å². The van der Waals surface area contributed by atoms with Gasteiger partial charge in [0.15, 0.2) is 6.61 Å². The zero-order valence-corrected chi connectivity index (χ0v) is 8.14. The van der Waals surface area contributed by atoms with Gasteiger partial charge in [0.05, 0.1) is 6.10 Å². The van der Waals surface area contributed by atoms with Crippen molar-refractivity contribution >= 4 is 0 Å². The zero-order chi connectivity index (χ0) is 11.2. The molecule has 86 valence electrons. The largest absolute Gasteiger partial charge is 0.413 e. The van der Waals surface area contributed by atoms with Crippen LogP contribution in [0.3, 0.4) is 0 Å². The van der Waals surface area contributed by atoms with Crippen LogP contribution in [0.5, 0.6) is 0 Å². The van der Waals surface area contributed by atoms with Crippen LogP contribution in [0.2, 0.25) is 0 Å². The number of aliphatic hydroxyl groups excluding tert-OH is 1. The summed E-state index contributed by atoms with van der Waals surface area (Å²) in [7, 11) is 3.50. The van der Waals surface area contributed by atoms with Crippen LogP contribution < -0.4 is 5.48 Å². The van der Waals surface area contributed by atoms with E-state index in [1.54, 1.807) is 19.0 Å². The molecule has 1 atom stereocenters. The van der Waals surface area contributed by atoms with Crippen molar-refractivity contribution in [3.63, 3.8) is 0 Å². The number of nitrogens with one attached hydrogen (secondary N) is 1. The Morgan fingerprint density at radius 3 is 2.43 bits per heavy atom. The van der Waals surface area contributed by atoms with Gasteiger partial charge in [0.1, 0.15) is 0 Å². The van der Waals surface area contributed by atoms with Gasteiger partial charge in [-0.1, -0.05) is 0 Å². The van der Waals surface area contributed by atoms with Gasteiger partial charge in [0.25, 0.3) is 0 Å². The Kier molecular flexibility index (Phi) is 6.01. The Morgan fingerprint density at radius 1 is 1.43 bits per heavy atom. The monoisotopic (exact) mass is 216 g/mol. The number of hydroxylamine groups is 1. The predicted octanol–water partition coefficient (Wildman–Crippen LogP) is -0.00760. The average molecular weight is 216 g/mol. The fourth-order valence-corrected chi connectivity index (χ4v) is 0.774. The Labute approximate surface area is 80.6 Å². The van der Waals surface area contributed by atoms with E-state index in [4.69, 9.17) is 0 Å². The minimum atomic E-state index is -4.35. The van der Waals surface area contributed by atoms with Crippen molar-refractivity contribution in [2.24, 2.45) is 0 Å². The molecule has 0 saturated heterocycles. The van der Waals surface area contributed by atoms with Gasteiger partial charge in [-0.3, -0.25) is 4.84 Å². The molecular formula is C7H15F3N2O2. The molecule has 0 amide bonds. The van der Waals surface area contributed by atoms with Gasteiger partial charge in [0, 0.05) is 13.1 Å². The Balaban J connectivity index is 3.36. The summed E-state index contributed by atoms with van der Waals surface area (Å²) in [5.74, 6) is 0. The van der Waals surface area contributed by atoms with Crippen molar-refractivity contribution in [2.75, 3.05) is 33.8 Å². The van der Waals surface area contributed by atoms with Gasteiger partial charge in [-0.25, -0.2) is 0 Å². The first kappa shape index (κ1) is 13.6. The lowest BCUT2D eigenvalue weighted by Gasteiger charge is -2.16. The molecule has 14 heavy (non-hydrogen) atoms. The van der Waals surface area contributed by atoms with Crippen molar-refractivity contribution in [1.82, 2.24) is 10.4 Å². The molecule has 0 rings (SSSR count). The molecule has 0 saturated carbocycles. The molecule has 0 radical (unpaired) electrons. The second-order valence-electron chi connectivity index (χ2n) is 3.17. The molecule has 0 bridgehead atoms. The van der Waals surface area contributed by atoms with Crippen LogP contribution in [0.4, 0.5) is 13.2 Å². The molecule has 0 aliphatic rings. The topological polar surface area (TPSA) is 44.7 Å². The lowest BCUT2D eigenvalue weighted by molar-refractivity contribution is -0.191. The predicted molar refractivity (Wildman–Crippen MR) is 44.6 cm³/mol. The molecule has 0 aliphatic carbocycles. The van der Waals surface area contributed by atoms with E-state index in [-0.39, 0.29) is 6.54 Å². The van der Waals surface area contributed by atoms with Gasteiger partial charge < -0.3 is 10.0 Å². The Hall–Kier alpha value is -0.370. The van der Waals surface area contributed by atoms with Gasteiger partial charge in [-0.15, -0.1) is 0 Å². The summed E-state index contributed by atoms with van der Waals surface area (Å²) in [6.45, 7) is -1.03. The van der Waals surface area contributed by atoms with Crippen LogP contribution in [-0.2, 0) is 4.84 Å². The number of alkyl halides is 3. The molecule has 0 fully saturated rings. The Bertz CT molecular complexity index is 152. The van der Waals surface area contributed by atoms with Gasteiger partial charge in [0.2, 0.25) is 0 Å². The van der Waals surface area contributed by atoms with E-state index in [2.05, 4.69) is 10.3 Å². The summed E-state index contributed by atoms with van der Waals surface area (Å²) >= 11 is 0. The normalized spacial score (nSPS) is 14.8. The van der Waals surface area contributed by atoms with Crippen molar-refractivity contribution in [2.45, 2.75) is 12.3 Å². The standard InChI is InChI=1S/C7H15F3N2O2/c1-12(2)4-6(13)3-11-14-5-7(8,9)10/h6,11,13H,3-5H2,1-2H3. The molecule has 4 nitrogen and oxygen atoms in total. The van der Waals surface area contributed by atoms with Crippen LogP contribution in [0.15, 0.2) is 0 Å². The van der Waals surface area contributed by atoms with Crippen molar-refractivity contribution in [3.05, 3.63) is 0 Å². The first-order chi connectivity index (χ1) is 6.31. The van der Waals surface area contributed by atoms with Crippen molar-refractivity contribution in [3.8, 4) is 0 Å². The third-order valence-corrected chi connectivity index (χ3v) is 1.23. The molecule has 0 aromatic rings. The highest BCUT2D eigenvalue weighted by Gasteiger charge is 2.27. The summed E-state index contributed by atoms with van der Waals surface area (Å²) in [6.07, 6.45) is -5.10. The SMILES string of the molecule is CN(C)CC(O)CNOCC(F)(F)F. The summed E-state index contributed by atoms with van der Waals surface area (Å²) < 4.78 is 34.7. The van der Waals surface area contributed by atoms with E-state index >= 15 is 0 Å². The number of aliphatic hydroxyl groups is 1. The number of nitrogens with zero attached hydrogens (tertiary/aromatic N) is 1. The minimum absolute atomic E-state index is 0.0335. The van der Waals surface area contributed by atoms with Gasteiger partial charge in [-0.05, 0) is 14.1 Å². The zero-order valence-electron chi connectivity index (χ0n) is 8.14. The fraction of sp³-hybridized carbons (Fsp3) is 1.00. The maximum absolute atomic E-state index is 11.6. The number of rotatable bonds is 6. The molecule has 0 aliphatic heterocycles. The van der Waals surface area contributed by atoms with E-state index in [0.29, 0.717) is 6.54 Å². The van der Waals surface area contributed by atoms with Crippen LogP contribution >= 0.6 is 0 Å². The molecule has 7 heteroatoms. The summed E-state index contributed by atoms with van der Waals surface area (Å²) in [4.78, 5) is 5.82. The molecular weight excluding hydrogens is 201 g/mol. The van der Waals surface area contributed by atoms with Crippen molar-refractivity contribution in [1.29, 1.82) is 0 Å². The van der Waals surface area contributed by atoms with E-state index in [9.17, 15) is 18.3 Å². The number of hydrogen-bond donors (Lipinski definition) is 2. The third kappa shape index (κ3) is 9.72. The molecule has 2 N–H and O–H groups in total. The second kappa shape index (κ2) is 6.18. The first-order valence-electron chi connectivity index (χ1n) is 4.05. The van der Waals surface area contributed by atoms with Gasteiger partial charge >= 0.3 is 6.18 Å². The maximum Gasteiger partial charge on any atom is 0.413 e. The quantitative estimate of drug-likeness (QED) is 0.484. The summed E-state index contributed by atoms with van der Waals surface area (Å²) in [5.41, 5.74) is 2.05. The summed E-state index contributed by atoms with van der Waals surface area (Å²) in [5, 5.41) is 9.18. The lowest BCUT2D eigenvalue weighted by Crippen LogP contribution is -2.36. The Morgan fingerprint density at radius 2 is 2.00 bits per heavy atom. The summed E-state index contributed by atoms with van der Waals surface area (Å²) in [6, 6.07) is 0. The molecule has 1 unspecified atom stereocenters. The highest BCUT2D eigenvalue weighted by Crippen LogP contribution is 2.13. The first-order valence-corrected chi connectivity index (χ1v) is 4.05. The maximum atomic E-state index is 11.6. The number of halogens is 3. The highest BCUT2D eigenvalue weighted by molar-refractivity contribution is 4.58. The fourth-order valence-electron chi connectivity index (χ4n) is 0.774.